The molecule has 0 amide bonds. The number of benzene rings is 1. The first kappa shape index (κ1) is 16.0. The number of rotatable bonds is 6. The van der Waals surface area contributed by atoms with Gasteiger partial charge in [0.15, 0.2) is 0 Å². The topological polar surface area (TPSA) is 74.7 Å². The molecule has 0 heterocycles. The lowest BCUT2D eigenvalue weighted by Crippen LogP contribution is -2.41. The third-order valence-corrected chi connectivity index (χ3v) is 6.21. The third-order valence-electron chi connectivity index (χ3n) is 4.26. The molecule has 116 valence electrons. The largest absolute Gasteiger partial charge is 0.480 e. The second kappa shape index (κ2) is 6.15. The number of sulfonamides is 1. The van der Waals surface area contributed by atoms with Crippen molar-refractivity contribution in [3.8, 4) is 0 Å². The Balaban J connectivity index is 1.93. The molecule has 0 fully saturated rings. The first-order chi connectivity index (χ1) is 9.81. The summed E-state index contributed by atoms with van der Waals surface area (Å²) in [6, 6.07) is 7.14. The molecule has 1 unspecified atom stereocenters. The maximum Gasteiger partial charge on any atom is 0.321 e. The van der Waals surface area contributed by atoms with Crippen molar-refractivity contribution in [2.24, 2.45) is 5.92 Å². The SMILES string of the molecule is CC(C(=O)O)N(C)S(=O)(=O)CCC1Cc2ccccc2C1. The summed E-state index contributed by atoms with van der Waals surface area (Å²) in [5.74, 6) is -0.806. The molecule has 0 saturated heterocycles. The molecule has 0 aromatic heterocycles. The van der Waals surface area contributed by atoms with Gasteiger partial charge in [-0.05, 0) is 43.2 Å². The number of carbonyl (C=O) groups is 1. The number of fused-ring (bicyclic) bond motifs is 1. The Bertz CT molecular complexity index is 601. The average molecular weight is 311 g/mol. The van der Waals surface area contributed by atoms with Crippen LogP contribution in [-0.4, -0.2) is 42.6 Å². The molecule has 1 aromatic carbocycles. The lowest BCUT2D eigenvalue weighted by atomic mass is 10.0. The van der Waals surface area contributed by atoms with E-state index in [-0.39, 0.29) is 5.75 Å². The van der Waals surface area contributed by atoms with Gasteiger partial charge in [0.25, 0.3) is 0 Å². The maximum absolute atomic E-state index is 12.2. The summed E-state index contributed by atoms with van der Waals surface area (Å²) in [6.07, 6.45) is 2.38. The van der Waals surface area contributed by atoms with Crippen LogP contribution in [0.5, 0.6) is 0 Å². The Morgan fingerprint density at radius 3 is 2.33 bits per heavy atom. The van der Waals surface area contributed by atoms with Gasteiger partial charge in [0.05, 0.1) is 5.75 Å². The second-order valence-electron chi connectivity index (χ2n) is 5.68. The molecule has 0 bridgehead atoms. The number of likely N-dealkylation sites (N-methyl/N-ethyl adjacent to an activating group) is 1. The quantitative estimate of drug-likeness (QED) is 0.864. The molecule has 0 radical (unpaired) electrons. The number of aliphatic carboxylic acids is 1. The fraction of sp³-hybridized carbons (Fsp3) is 0.533. The van der Waals surface area contributed by atoms with Crippen molar-refractivity contribution in [1.82, 2.24) is 4.31 Å². The van der Waals surface area contributed by atoms with Gasteiger partial charge in [-0.3, -0.25) is 4.79 Å². The van der Waals surface area contributed by atoms with Gasteiger partial charge in [0.1, 0.15) is 6.04 Å². The summed E-state index contributed by atoms with van der Waals surface area (Å²) in [5, 5.41) is 8.91. The van der Waals surface area contributed by atoms with Crippen molar-refractivity contribution in [2.45, 2.75) is 32.2 Å². The molecule has 21 heavy (non-hydrogen) atoms. The molecule has 2 rings (SSSR count). The standard InChI is InChI=1S/C15H21NO4S/c1-11(15(17)18)16(2)21(19,20)8-7-12-9-13-5-3-4-6-14(13)10-12/h3-6,11-12H,7-10H2,1-2H3,(H,17,18). The first-order valence-electron chi connectivity index (χ1n) is 7.06. The fourth-order valence-electron chi connectivity index (χ4n) is 2.71. The fourth-order valence-corrected chi connectivity index (χ4v) is 4.20. The Morgan fingerprint density at radius 1 is 1.33 bits per heavy atom. The Labute approximate surface area is 125 Å². The molecule has 1 aliphatic carbocycles. The Morgan fingerprint density at radius 2 is 1.86 bits per heavy atom. The summed E-state index contributed by atoms with van der Waals surface area (Å²) in [6.45, 7) is 1.38. The van der Waals surface area contributed by atoms with Crippen LogP contribution in [-0.2, 0) is 27.7 Å². The minimum atomic E-state index is -3.53. The first-order valence-corrected chi connectivity index (χ1v) is 8.67. The van der Waals surface area contributed by atoms with Crippen LogP contribution in [0.25, 0.3) is 0 Å². The predicted molar refractivity (Wildman–Crippen MR) is 80.6 cm³/mol. The van der Waals surface area contributed by atoms with Gasteiger partial charge in [0, 0.05) is 7.05 Å². The lowest BCUT2D eigenvalue weighted by molar-refractivity contribution is -0.140. The number of carboxylic acid groups (broad SMARTS) is 1. The van der Waals surface area contributed by atoms with Crippen LogP contribution in [0.1, 0.15) is 24.5 Å². The number of hydrogen-bond acceptors (Lipinski definition) is 3. The van der Waals surface area contributed by atoms with E-state index < -0.39 is 22.0 Å². The van der Waals surface area contributed by atoms with E-state index in [2.05, 4.69) is 12.1 Å². The molecule has 6 heteroatoms. The minimum Gasteiger partial charge on any atom is -0.480 e. The molecular weight excluding hydrogens is 290 g/mol. The smallest absolute Gasteiger partial charge is 0.321 e. The van der Waals surface area contributed by atoms with E-state index in [9.17, 15) is 13.2 Å². The minimum absolute atomic E-state index is 0.000223. The molecule has 1 atom stereocenters. The summed E-state index contributed by atoms with van der Waals surface area (Å²) >= 11 is 0. The molecule has 5 nitrogen and oxygen atoms in total. The van der Waals surface area contributed by atoms with Crippen LogP contribution in [0.15, 0.2) is 24.3 Å². The predicted octanol–water partition coefficient (Wildman–Crippen LogP) is 1.53. The van der Waals surface area contributed by atoms with Crippen LogP contribution in [0.3, 0.4) is 0 Å². The van der Waals surface area contributed by atoms with E-state index in [1.807, 2.05) is 12.1 Å². The third kappa shape index (κ3) is 3.63. The van der Waals surface area contributed by atoms with Crippen LogP contribution in [0.2, 0.25) is 0 Å². The van der Waals surface area contributed by atoms with Gasteiger partial charge in [0.2, 0.25) is 10.0 Å². The monoisotopic (exact) mass is 311 g/mol. The highest BCUT2D eigenvalue weighted by molar-refractivity contribution is 7.89. The van der Waals surface area contributed by atoms with Crippen molar-refractivity contribution >= 4 is 16.0 Å². The highest BCUT2D eigenvalue weighted by atomic mass is 32.2. The van der Waals surface area contributed by atoms with Gasteiger partial charge in [-0.25, -0.2) is 8.42 Å². The van der Waals surface area contributed by atoms with Crippen molar-refractivity contribution in [3.05, 3.63) is 35.4 Å². The van der Waals surface area contributed by atoms with Gasteiger partial charge in [-0.15, -0.1) is 0 Å². The average Bonchev–Trinajstić information content (AvgIpc) is 2.86. The van der Waals surface area contributed by atoms with E-state index in [0.29, 0.717) is 12.3 Å². The van der Waals surface area contributed by atoms with Crippen molar-refractivity contribution in [2.75, 3.05) is 12.8 Å². The van der Waals surface area contributed by atoms with Crippen LogP contribution in [0, 0.1) is 5.92 Å². The van der Waals surface area contributed by atoms with Crippen molar-refractivity contribution < 1.29 is 18.3 Å². The Hall–Kier alpha value is -1.40. The molecule has 1 aromatic rings. The molecule has 1 aliphatic rings. The van der Waals surface area contributed by atoms with Gasteiger partial charge >= 0.3 is 5.97 Å². The number of carboxylic acids is 1. The Kier molecular flexibility index (Phi) is 4.68. The maximum atomic E-state index is 12.2. The lowest BCUT2D eigenvalue weighted by Gasteiger charge is -2.21. The molecule has 1 N–H and O–H groups in total. The zero-order valence-electron chi connectivity index (χ0n) is 12.3. The van der Waals surface area contributed by atoms with Gasteiger partial charge in [-0.2, -0.15) is 4.31 Å². The molecular formula is C15H21NO4S. The number of nitrogens with zero attached hydrogens (tertiary/aromatic N) is 1. The molecule has 0 spiro atoms. The summed E-state index contributed by atoms with van der Waals surface area (Å²) in [5.41, 5.74) is 2.60. The van der Waals surface area contributed by atoms with Crippen molar-refractivity contribution in [1.29, 1.82) is 0 Å². The van der Waals surface area contributed by atoms with E-state index in [0.717, 1.165) is 17.1 Å². The van der Waals surface area contributed by atoms with E-state index in [1.54, 1.807) is 0 Å². The summed E-state index contributed by atoms with van der Waals surface area (Å²) < 4.78 is 25.3. The highest BCUT2D eigenvalue weighted by Crippen LogP contribution is 2.29. The van der Waals surface area contributed by atoms with Gasteiger partial charge < -0.3 is 5.11 Å². The van der Waals surface area contributed by atoms with E-state index in [1.165, 1.54) is 25.1 Å². The van der Waals surface area contributed by atoms with Crippen LogP contribution >= 0.6 is 0 Å². The van der Waals surface area contributed by atoms with Crippen LogP contribution < -0.4 is 0 Å². The summed E-state index contributed by atoms with van der Waals surface area (Å²) in [4.78, 5) is 10.9. The zero-order valence-corrected chi connectivity index (χ0v) is 13.1. The van der Waals surface area contributed by atoms with Crippen molar-refractivity contribution in [3.63, 3.8) is 0 Å². The highest BCUT2D eigenvalue weighted by Gasteiger charge is 2.29. The molecule has 0 aliphatic heterocycles. The molecule has 0 saturated carbocycles. The number of hydrogen-bond donors (Lipinski definition) is 1. The van der Waals surface area contributed by atoms with E-state index >= 15 is 0 Å². The zero-order chi connectivity index (χ0) is 15.6. The van der Waals surface area contributed by atoms with Crippen LogP contribution in [0.4, 0.5) is 0 Å². The normalized spacial score (nSPS) is 16.9. The second-order valence-corrected chi connectivity index (χ2v) is 7.83. The summed E-state index contributed by atoms with van der Waals surface area (Å²) in [7, 11) is -2.20. The van der Waals surface area contributed by atoms with E-state index in [4.69, 9.17) is 5.11 Å². The van der Waals surface area contributed by atoms with Gasteiger partial charge in [-0.1, -0.05) is 24.3 Å².